The van der Waals surface area contributed by atoms with Crippen LogP contribution in [0.5, 0.6) is 0 Å². The topological polar surface area (TPSA) is 29.1 Å². The van der Waals surface area contributed by atoms with E-state index in [-0.39, 0.29) is 17.9 Å². The highest BCUT2D eigenvalue weighted by Gasteiger charge is 2.37. The SMILES string of the molecule is CC1[C]2C=CC=CC2NC1=O. The van der Waals surface area contributed by atoms with E-state index in [1.54, 1.807) is 0 Å². The molecule has 0 aromatic rings. The zero-order valence-electron chi connectivity index (χ0n) is 6.37. The van der Waals surface area contributed by atoms with Crippen LogP contribution in [-0.2, 0) is 4.79 Å². The molecule has 2 unspecified atom stereocenters. The maximum absolute atomic E-state index is 11.1. The van der Waals surface area contributed by atoms with Gasteiger partial charge in [-0.05, 0) is 0 Å². The van der Waals surface area contributed by atoms with Gasteiger partial charge in [-0.15, -0.1) is 0 Å². The third kappa shape index (κ3) is 0.897. The molecule has 0 saturated carbocycles. The van der Waals surface area contributed by atoms with Crippen molar-refractivity contribution in [3.05, 3.63) is 30.2 Å². The van der Waals surface area contributed by atoms with Crippen LogP contribution in [0.4, 0.5) is 0 Å². The molecule has 0 aromatic carbocycles. The monoisotopic (exact) mass is 148 g/mol. The Bertz CT molecular complexity index is 242. The molecule has 1 saturated heterocycles. The van der Waals surface area contributed by atoms with Crippen molar-refractivity contribution in [3.63, 3.8) is 0 Å². The van der Waals surface area contributed by atoms with Gasteiger partial charge in [0.1, 0.15) is 0 Å². The molecule has 1 fully saturated rings. The van der Waals surface area contributed by atoms with Gasteiger partial charge < -0.3 is 5.32 Å². The molecule has 0 bridgehead atoms. The predicted octanol–water partition coefficient (Wildman–Crippen LogP) is 0.821. The molecule has 2 aliphatic rings. The van der Waals surface area contributed by atoms with Crippen molar-refractivity contribution in [2.45, 2.75) is 13.0 Å². The Kier molecular flexibility index (Phi) is 1.34. The summed E-state index contributed by atoms with van der Waals surface area (Å²) >= 11 is 0. The van der Waals surface area contributed by atoms with Crippen LogP contribution in [0.3, 0.4) is 0 Å². The maximum Gasteiger partial charge on any atom is 0.224 e. The first-order chi connectivity index (χ1) is 5.29. The number of fused-ring (bicyclic) bond motifs is 1. The summed E-state index contributed by atoms with van der Waals surface area (Å²) in [6.07, 6.45) is 7.97. The van der Waals surface area contributed by atoms with Gasteiger partial charge in [0.05, 0.1) is 6.04 Å². The molecule has 57 valence electrons. The Hall–Kier alpha value is -1.05. The fraction of sp³-hybridized carbons (Fsp3) is 0.333. The maximum atomic E-state index is 11.1. The molecule has 1 aliphatic heterocycles. The molecule has 2 nitrogen and oxygen atoms in total. The summed E-state index contributed by atoms with van der Waals surface area (Å²) in [5.74, 6) is 1.39. The Labute approximate surface area is 66.0 Å². The normalized spacial score (nSPS) is 35.5. The Morgan fingerprint density at radius 3 is 3.00 bits per heavy atom. The van der Waals surface area contributed by atoms with E-state index in [1.807, 2.05) is 31.2 Å². The number of carbonyl (C=O) groups excluding carboxylic acids is 1. The van der Waals surface area contributed by atoms with Crippen LogP contribution in [0.15, 0.2) is 24.3 Å². The number of allylic oxidation sites excluding steroid dienone is 2. The number of nitrogens with one attached hydrogen (secondary N) is 1. The second kappa shape index (κ2) is 2.22. The van der Waals surface area contributed by atoms with Crippen molar-refractivity contribution >= 4 is 5.91 Å². The van der Waals surface area contributed by atoms with Gasteiger partial charge in [0, 0.05) is 11.8 Å². The van der Waals surface area contributed by atoms with Gasteiger partial charge in [0.2, 0.25) is 5.91 Å². The minimum Gasteiger partial charge on any atom is -0.349 e. The lowest BCUT2D eigenvalue weighted by Crippen LogP contribution is -2.26. The summed E-state index contributed by atoms with van der Waals surface area (Å²) < 4.78 is 0. The molecule has 1 heterocycles. The standard InChI is InChI=1S/C9H10NO/c1-6-7-4-2-3-5-8(7)10-9(6)11/h2-6,8H,1H3,(H,10,11). The van der Waals surface area contributed by atoms with E-state index in [1.165, 1.54) is 5.92 Å². The molecule has 1 N–H and O–H groups in total. The smallest absolute Gasteiger partial charge is 0.224 e. The highest BCUT2D eigenvalue weighted by Crippen LogP contribution is 2.29. The van der Waals surface area contributed by atoms with E-state index < -0.39 is 0 Å². The average Bonchev–Trinajstić information content (AvgIpc) is 2.30. The van der Waals surface area contributed by atoms with Crippen LogP contribution in [0.2, 0.25) is 0 Å². The predicted molar refractivity (Wildman–Crippen MR) is 42.6 cm³/mol. The van der Waals surface area contributed by atoms with Crippen molar-refractivity contribution in [2.24, 2.45) is 5.92 Å². The molecule has 0 spiro atoms. The van der Waals surface area contributed by atoms with Gasteiger partial charge in [-0.25, -0.2) is 0 Å². The summed E-state index contributed by atoms with van der Waals surface area (Å²) in [5.41, 5.74) is 0. The summed E-state index contributed by atoms with van der Waals surface area (Å²) in [4.78, 5) is 11.1. The fourth-order valence-corrected chi connectivity index (χ4v) is 1.53. The van der Waals surface area contributed by atoms with Gasteiger partial charge >= 0.3 is 0 Å². The van der Waals surface area contributed by atoms with Crippen LogP contribution in [0.25, 0.3) is 0 Å². The zero-order chi connectivity index (χ0) is 7.84. The summed E-state index contributed by atoms with van der Waals surface area (Å²) in [5, 5.41) is 2.89. The van der Waals surface area contributed by atoms with Crippen molar-refractivity contribution < 1.29 is 4.79 Å². The molecule has 2 rings (SSSR count). The lowest BCUT2D eigenvalue weighted by atomic mass is 9.89. The molecule has 1 radical (unpaired) electrons. The first-order valence-corrected chi connectivity index (χ1v) is 3.81. The Morgan fingerprint density at radius 2 is 2.27 bits per heavy atom. The Morgan fingerprint density at radius 1 is 1.45 bits per heavy atom. The van der Waals surface area contributed by atoms with Crippen molar-refractivity contribution in [1.29, 1.82) is 0 Å². The van der Waals surface area contributed by atoms with Gasteiger partial charge in [-0.1, -0.05) is 31.2 Å². The first-order valence-electron chi connectivity index (χ1n) is 3.81. The zero-order valence-corrected chi connectivity index (χ0v) is 6.37. The van der Waals surface area contributed by atoms with E-state index in [9.17, 15) is 4.79 Å². The van der Waals surface area contributed by atoms with Crippen LogP contribution in [0.1, 0.15) is 6.92 Å². The molecular formula is C9H10NO. The van der Waals surface area contributed by atoms with Gasteiger partial charge in [-0.2, -0.15) is 0 Å². The minimum absolute atomic E-state index is 0.0567. The largest absolute Gasteiger partial charge is 0.349 e. The molecule has 11 heavy (non-hydrogen) atoms. The minimum atomic E-state index is 0.0567. The lowest BCUT2D eigenvalue weighted by Gasteiger charge is -2.14. The number of rotatable bonds is 0. The lowest BCUT2D eigenvalue weighted by molar-refractivity contribution is -0.121. The van der Waals surface area contributed by atoms with E-state index in [4.69, 9.17) is 0 Å². The molecule has 2 atom stereocenters. The highest BCUT2D eigenvalue weighted by molar-refractivity contribution is 5.86. The average molecular weight is 148 g/mol. The van der Waals surface area contributed by atoms with Gasteiger partial charge in [0.15, 0.2) is 0 Å². The van der Waals surface area contributed by atoms with E-state index in [2.05, 4.69) is 5.32 Å². The van der Waals surface area contributed by atoms with E-state index >= 15 is 0 Å². The van der Waals surface area contributed by atoms with Crippen molar-refractivity contribution in [1.82, 2.24) is 5.32 Å². The van der Waals surface area contributed by atoms with Gasteiger partial charge in [0.25, 0.3) is 0 Å². The second-order valence-electron chi connectivity index (χ2n) is 2.95. The second-order valence-corrected chi connectivity index (χ2v) is 2.95. The van der Waals surface area contributed by atoms with Crippen molar-refractivity contribution in [2.75, 3.05) is 0 Å². The highest BCUT2D eigenvalue weighted by atomic mass is 16.2. The molecular weight excluding hydrogens is 138 g/mol. The number of amides is 1. The summed E-state index contributed by atoms with van der Waals surface area (Å²) in [7, 11) is 0. The van der Waals surface area contributed by atoms with Gasteiger partial charge in [-0.3, -0.25) is 4.79 Å². The van der Waals surface area contributed by atoms with E-state index in [0.717, 1.165) is 0 Å². The summed E-state index contributed by atoms with van der Waals surface area (Å²) in [6, 6.07) is 0.169. The van der Waals surface area contributed by atoms with E-state index in [0.29, 0.717) is 0 Å². The molecule has 2 heteroatoms. The molecule has 0 aromatic heterocycles. The van der Waals surface area contributed by atoms with Crippen LogP contribution in [0, 0.1) is 11.8 Å². The molecule has 1 amide bonds. The van der Waals surface area contributed by atoms with Crippen LogP contribution >= 0.6 is 0 Å². The Balaban J connectivity index is 2.27. The summed E-state index contributed by atoms with van der Waals surface area (Å²) in [6.45, 7) is 1.94. The third-order valence-electron chi connectivity index (χ3n) is 2.25. The molecule has 1 aliphatic carbocycles. The fourth-order valence-electron chi connectivity index (χ4n) is 1.53. The first kappa shape index (κ1) is 6.65. The number of hydrogen-bond donors (Lipinski definition) is 1. The number of carbonyl (C=O) groups is 1. The van der Waals surface area contributed by atoms with Crippen molar-refractivity contribution in [3.8, 4) is 0 Å². The quantitative estimate of drug-likeness (QED) is 0.541. The van der Waals surface area contributed by atoms with Crippen LogP contribution < -0.4 is 5.32 Å². The number of hydrogen-bond acceptors (Lipinski definition) is 1. The third-order valence-corrected chi connectivity index (χ3v) is 2.25. The van der Waals surface area contributed by atoms with Crippen LogP contribution in [-0.4, -0.2) is 11.9 Å².